The first-order valence-corrected chi connectivity index (χ1v) is 9.42. The van der Waals surface area contributed by atoms with Gasteiger partial charge in [-0.05, 0) is 17.7 Å². The summed E-state index contributed by atoms with van der Waals surface area (Å²) in [5, 5.41) is 12.8. The van der Waals surface area contributed by atoms with E-state index in [1.807, 2.05) is 30.3 Å². The lowest BCUT2D eigenvalue weighted by atomic mass is 10.1. The Balaban J connectivity index is 1.43. The van der Waals surface area contributed by atoms with Gasteiger partial charge in [0.05, 0.1) is 10.3 Å². The van der Waals surface area contributed by atoms with Crippen LogP contribution in [-0.2, 0) is 0 Å². The molecule has 1 saturated heterocycles. The summed E-state index contributed by atoms with van der Waals surface area (Å²) >= 11 is 0. The molecule has 28 heavy (non-hydrogen) atoms. The van der Waals surface area contributed by atoms with E-state index in [2.05, 4.69) is 39.1 Å². The number of nitro benzene ring substituents is 1. The number of rotatable bonds is 5. The number of anilines is 1. The highest BCUT2D eigenvalue weighted by Crippen LogP contribution is 2.33. The minimum atomic E-state index is -0.342. The molecule has 1 aliphatic heterocycles. The number of nitrogens with zero attached hydrogens (tertiary/aromatic N) is 4. The van der Waals surface area contributed by atoms with Crippen molar-refractivity contribution in [2.24, 2.45) is 0 Å². The molecule has 0 unspecified atom stereocenters. The van der Waals surface area contributed by atoms with Gasteiger partial charge in [0, 0.05) is 62.3 Å². The zero-order valence-electron chi connectivity index (χ0n) is 15.6. The minimum absolute atomic E-state index is 0.108. The Kier molecular flexibility index (Phi) is 5.30. The van der Waals surface area contributed by atoms with E-state index in [1.54, 1.807) is 18.5 Å². The Morgan fingerprint density at radius 1 is 1.00 bits per heavy atom. The Morgan fingerprint density at radius 2 is 1.79 bits per heavy atom. The molecule has 6 nitrogen and oxygen atoms in total. The summed E-state index contributed by atoms with van der Waals surface area (Å²) in [6.07, 6.45) is 7.64. The second-order valence-corrected chi connectivity index (χ2v) is 6.88. The molecular formula is C22H22N4O2. The van der Waals surface area contributed by atoms with Crippen LogP contribution in [0.15, 0.2) is 67.0 Å². The van der Waals surface area contributed by atoms with Crippen molar-refractivity contribution in [1.82, 2.24) is 9.88 Å². The number of nitro groups is 1. The van der Waals surface area contributed by atoms with E-state index in [-0.39, 0.29) is 10.6 Å². The molecule has 4 rings (SSSR count). The summed E-state index contributed by atoms with van der Waals surface area (Å²) in [5.74, 6) is 0. The molecule has 0 N–H and O–H groups in total. The Labute approximate surface area is 163 Å². The summed E-state index contributed by atoms with van der Waals surface area (Å²) in [7, 11) is 0. The van der Waals surface area contributed by atoms with E-state index in [1.165, 1.54) is 5.56 Å². The molecule has 0 spiro atoms. The van der Waals surface area contributed by atoms with Crippen LogP contribution in [0.3, 0.4) is 0 Å². The van der Waals surface area contributed by atoms with Crippen LogP contribution in [0, 0.1) is 10.1 Å². The summed E-state index contributed by atoms with van der Waals surface area (Å²) < 4.78 is 0. The predicted octanol–water partition coefficient (Wildman–Crippen LogP) is 3.98. The predicted molar refractivity (Wildman–Crippen MR) is 113 cm³/mol. The molecule has 1 aliphatic rings. The van der Waals surface area contributed by atoms with Gasteiger partial charge in [0.1, 0.15) is 0 Å². The van der Waals surface area contributed by atoms with Gasteiger partial charge in [0.25, 0.3) is 5.69 Å². The standard InChI is InChI=1S/C22H22N4O2/c27-26(28)22-9-8-21(19-10-11-23-17-20(19)22)25-15-13-24(14-16-25)12-4-7-18-5-2-1-3-6-18/h1-11,17H,12-16H2/b7-4+. The largest absolute Gasteiger partial charge is 0.368 e. The molecule has 0 atom stereocenters. The van der Waals surface area contributed by atoms with Crippen molar-refractivity contribution in [3.63, 3.8) is 0 Å². The topological polar surface area (TPSA) is 62.5 Å². The number of pyridine rings is 1. The zero-order chi connectivity index (χ0) is 19.3. The highest BCUT2D eigenvalue weighted by Gasteiger charge is 2.21. The number of fused-ring (bicyclic) bond motifs is 1. The maximum Gasteiger partial charge on any atom is 0.278 e. The van der Waals surface area contributed by atoms with Gasteiger partial charge < -0.3 is 4.90 Å². The van der Waals surface area contributed by atoms with Crippen molar-refractivity contribution in [3.8, 4) is 0 Å². The highest BCUT2D eigenvalue weighted by atomic mass is 16.6. The first-order chi connectivity index (χ1) is 13.7. The van der Waals surface area contributed by atoms with Crippen molar-refractivity contribution in [2.75, 3.05) is 37.6 Å². The average Bonchev–Trinajstić information content (AvgIpc) is 2.74. The van der Waals surface area contributed by atoms with E-state index in [4.69, 9.17) is 0 Å². The Hall–Kier alpha value is -3.25. The minimum Gasteiger partial charge on any atom is -0.368 e. The summed E-state index contributed by atoms with van der Waals surface area (Å²) in [5.41, 5.74) is 2.37. The first-order valence-electron chi connectivity index (χ1n) is 9.42. The number of non-ortho nitro benzene ring substituents is 1. The SMILES string of the molecule is O=[N+]([O-])c1ccc(N2CCN(C/C=C/c3ccccc3)CC2)c2ccncc12. The van der Waals surface area contributed by atoms with Gasteiger partial charge in [-0.1, -0.05) is 42.5 Å². The van der Waals surface area contributed by atoms with Crippen LogP contribution in [0.4, 0.5) is 11.4 Å². The quantitative estimate of drug-likeness (QED) is 0.499. The van der Waals surface area contributed by atoms with Crippen LogP contribution in [0.2, 0.25) is 0 Å². The number of hydrogen-bond donors (Lipinski definition) is 0. The summed E-state index contributed by atoms with van der Waals surface area (Å²) in [4.78, 5) is 19.8. The van der Waals surface area contributed by atoms with Crippen molar-refractivity contribution in [3.05, 3.63) is 82.7 Å². The second-order valence-electron chi connectivity index (χ2n) is 6.88. The van der Waals surface area contributed by atoms with Crippen molar-refractivity contribution < 1.29 is 4.92 Å². The van der Waals surface area contributed by atoms with Crippen LogP contribution >= 0.6 is 0 Å². The monoisotopic (exact) mass is 374 g/mol. The molecule has 3 aromatic rings. The third-order valence-corrected chi connectivity index (χ3v) is 5.16. The van der Waals surface area contributed by atoms with Gasteiger partial charge in [-0.25, -0.2) is 0 Å². The van der Waals surface area contributed by atoms with Crippen molar-refractivity contribution in [1.29, 1.82) is 0 Å². The number of benzene rings is 2. The van der Waals surface area contributed by atoms with Gasteiger partial charge in [0.15, 0.2) is 0 Å². The third-order valence-electron chi connectivity index (χ3n) is 5.16. The first kappa shape index (κ1) is 18.1. The second kappa shape index (κ2) is 8.19. The van der Waals surface area contributed by atoms with E-state index in [9.17, 15) is 10.1 Å². The molecule has 1 aromatic heterocycles. The summed E-state index contributed by atoms with van der Waals surface area (Å²) in [6.45, 7) is 4.64. The van der Waals surface area contributed by atoms with Crippen LogP contribution in [0.25, 0.3) is 16.8 Å². The lowest BCUT2D eigenvalue weighted by Crippen LogP contribution is -2.46. The smallest absolute Gasteiger partial charge is 0.278 e. The molecule has 0 amide bonds. The number of hydrogen-bond acceptors (Lipinski definition) is 5. The van der Waals surface area contributed by atoms with E-state index >= 15 is 0 Å². The van der Waals surface area contributed by atoms with E-state index < -0.39 is 0 Å². The third kappa shape index (κ3) is 3.87. The molecule has 2 aromatic carbocycles. The van der Waals surface area contributed by atoms with Gasteiger partial charge in [-0.15, -0.1) is 0 Å². The molecule has 0 bridgehead atoms. The molecule has 0 aliphatic carbocycles. The van der Waals surface area contributed by atoms with E-state index in [0.29, 0.717) is 5.39 Å². The van der Waals surface area contributed by atoms with Crippen LogP contribution in [0.1, 0.15) is 5.56 Å². The molecular weight excluding hydrogens is 352 g/mol. The van der Waals surface area contributed by atoms with Gasteiger partial charge in [0.2, 0.25) is 0 Å². The normalized spacial score (nSPS) is 15.4. The highest BCUT2D eigenvalue weighted by molar-refractivity contribution is 5.99. The van der Waals surface area contributed by atoms with Crippen LogP contribution < -0.4 is 4.90 Å². The van der Waals surface area contributed by atoms with Crippen LogP contribution in [0.5, 0.6) is 0 Å². The summed E-state index contributed by atoms with van der Waals surface area (Å²) in [6, 6.07) is 15.6. The lowest BCUT2D eigenvalue weighted by molar-refractivity contribution is -0.383. The Morgan fingerprint density at radius 3 is 2.54 bits per heavy atom. The van der Waals surface area contributed by atoms with E-state index in [0.717, 1.165) is 43.8 Å². The van der Waals surface area contributed by atoms with Crippen molar-refractivity contribution in [2.45, 2.75) is 0 Å². The molecule has 1 fully saturated rings. The maximum atomic E-state index is 11.3. The average molecular weight is 374 g/mol. The fourth-order valence-corrected chi connectivity index (χ4v) is 3.67. The van der Waals surface area contributed by atoms with Gasteiger partial charge in [-0.3, -0.25) is 20.0 Å². The fourth-order valence-electron chi connectivity index (χ4n) is 3.67. The fraction of sp³-hybridized carbons (Fsp3) is 0.227. The molecule has 0 saturated carbocycles. The Bertz CT molecular complexity index is 996. The number of piperazine rings is 1. The molecule has 0 radical (unpaired) electrons. The van der Waals surface area contributed by atoms with Gasteiger partial charge >= 0.3 is 0 Å². The molecule has 6 heteroatoms. The molecule has 142 valence electrons. The number of aromatic nitrogens is 1. The maximum absolute atomic E-state index is 11.3. The zero-order valence-corrected chi connectivity index (χ0v) is 15.6. The molecule has 2 heterocycles. The van der Waals surface area contributed by atoms with Gasteiger partial charge in [-0.2, -0.15) is 0 Å². The van der Waals surface area contributed by atoms with Crippen LogP contribution in [-0.4, -0.2) is 47.5 Å². The lowest BCUT2D eigenvalue weighted by Gasteiger charge is -2.36. The van der Waals surface area contributed by atoms with Crippen molar-refractivity contribution >= 4 is 28.2 Å².